The van der Waals surface area contributed by atoms with Crippen molar-refractivity contribution in [2.45, 2.75) is 12.8 Å². The summed E-state index contributed by atoms with van der Waals surface area (Å²) in [5.41, 5.74) is 2.34. The number of hydrogen-bond acceptors (Lipinski definition) is 1. The van der Waals surface area contributed by atoms with Gasteiger partial charge in [0, 0.05) is 5.92 Å². The Bertz CT molecular complexity index is 608. The SMILES string of the molecule is CC1C(=O)C=Cc2c1ccc1ccccc21. The molecule has 1 heteroatoms. The number of rotatable bonds is 0. The van der Waals surface area contributed by atoms with E-state index in [-0.39, 0.29) is 11.7 Å². The van der Waals surface area contributed by atoms with E-state index in [0.717, 1.165) is 5.56 Å². The van der Waals surface area contributed by atoms with Crippen molar-refractivity contribution < 1.29 is 4.79 Å². The van der Waals surface area contributed by atoms with E-state index in [1.807, 2.05) is 25.1 Å². The molecule has 0 N–H and O–H groups in total. The summed E-state index contributed by atoms with van der Waals surface area (Å²) in [6.45, 7) is 1.97. The van der Waals surface area contributed by atoms with Gasteiger partial charge in [0.05, 0.1) is 0 Å². The number of fused-ring (bicyclic) bond motifs is 3. The van der Waals surface area contributed by atoms with E-state index in [1.54, 1.807) is 6.08 Å². The Morgan fingerprint density at radius 1 is 1.00 bits per heavy atom. The Balaban J connectivity index is 2.38. The summed E-state index contributed by atoms with van der Waals surface area (Å²) in [6, 6.07) is 12.5. The van der Waals surface area contributed by atoms with Gasteiger partial charge in [-0.15, -0.1) is 0 Å². The minimum Gasteiger partial charge on any atom is -0.294 e. The second-order valence-corrected chi connectivity index (χ2v) is 4.25. The maximum Gasteiger partial charge on any atom is 0.162 e. The highest BCUT2D eigenvalue weighted by Gasteiger charge is 2.20. The van der Waals surface area contributed by atoms with Gasteiger partial charge in [0.1, 0.15) is 0 Å². The van der Waals surface area contributed by atoms with E-state index in [2.05, 4.69) is 24.3 Å². The lowest BCUT2D eigenvalue weighted by atomic mass is 9.85. The Morgan fingerprint density at radius 2 is 1.81 bits per heavy atom. The van der Waals surface area contributed by atoms with Gasteiger partial charge in [0.2, 0.25) is 0 Å². The van der Waals surface area contributed by atoms with E-state index < -0.39 is 0 Å². The van der Waals surface area contributed by atoms with Crippen molar-refractivity contribution in [3.8, 4) is 0 Å². The molecule has 0 radical (unpaired) electrons. The summed E-state index contributed by atoms with van der Waals surface area (Å²) in [5, 5.41) is 2.46. The molecule has 16 heavy (non-hydrogen) atoms. The predicted octanol–water partition coefficient (Wildman–Crippen LogP) is 3.54. The van der Waals surface area contributed by atoms with Crippen LogP contribution in [0.2, 0.25) is 0 Å². The van der Waals surface area contributed by atoms with E-state index >= 15 is 0 Å². The zero-order valence-electron chi connectivity index (χ0n) is 9.10. The van der Waals surface area contributed by atoms with Crippen molar-refractivity contribution in [3.63, 3.8) is 0 Å². The third-order valence-electron chi connectivity index (χ3n) is 3.31. The van der Waals surface area contributed by atoms with E-state index in [4.69, 9.17) is 0 Å². The summed E-state index contributed by atoms with van der Waals surface area (Å²) >= 11 is 0. The van der Waals surface area contributed by atoms with Gasteiger partial charge in [0.15, 0.2) is 5.78 Å². The van der Waals surface area contributed by atoms with Crippen LogP contribution in [0.5, 0.6) is 0 Å². The van der Waals surface area contributed by atoms with Gasteiger partial charge >= 0.3 is 0 Å². The fraction of sp³-hybridized carbons (Fsp3) is 0.133. The average molecular weight is 208 g/mol. The molecule has 1 nitrogen and oxygen atoms in total. The lowest BCUT2D eigenvalue weighted by Crippen LogP contribution is -2.11. The molecule has 1 unspecified atom stereocenters. The molecule has 78 valence electrons. The zero-order valence-corrected chi connectivity index (χ0v) is 9.10. The molecule has 0 heterocycles. The Kier molecular flexibility index (Phi) is 1.93. The lowest BCUT2D eigenvalue weighted by molar-refractivity contribution is -0.115. The van der Waals surface area contributed by atoms with Gasteiger partial charge in [0.25, 0.3) is 0 Å². The first kappa shape index (κ1) is 9.34. The minimum atomic E-state index is -0.00962. The summed E-state index contributed by atoms with van der Waals surface area (Å²) in [7, 11) is 0. The normalized spacial score (nSPS) is 18.8. The van der Waals surface area contributed by atoms with Gasteiger partial charge in [-0.25, -0.2) is 0 Å². The first-order valence-electron chi connectivity index (χ1n) is 5.51. The van der Waals surface area contributed by atoms with Gasteiger partial charge in [-0.3, -0.25) is 4.79 Å². The van der Waals surface area contributed by atoms with Crippen LogP contribution in [0.3, 0.4) is 0 Å². The number of allylic oxidation sites excluding steroid dienone is 1. The largest absolute Gasteiger partial charge is 0.294 e. The topological polar surface area (TPSA) is 17.1 Å². The maximum absolute atomic E-state index is 11.6. The number of carbonyl (C=O) groups is 1. The van der Waals surface area contributed by atoms with Crippen LogP contribution < -0.4 is 0 Å². The molecule has 0 aromatic heterocycles. The molecular weight excluding hydrogens is 196 g/mol. The van der Waals surface area contributed by atoms with Crippen LogP contribution in [0.4, 0.5) is 0 Å². The molecule has 0 aliphatic heterocycles. The summed E-state index contributed by atoms with van der Waals surface area (Å²) in [6.07, 6.45) is 3.64. The van der Waals surface area contributed by atoms with Crippen LogP contribution in [-0.2, 0) is 4.79 Å². The Hall–Kier alpha value is -1.89. The predicted molar refractivity (Wildman–Crippen MR) is 66.4 cm³/mol. The number of benzene rings is 2. The lowest BCUT2D eigenvalue weighted by Gasteiger charge is -2.18. The fourth-order valence-corrected chi connectivity index (χ4v) is 2.34. The van der Waals surface area contributed by atoms with Gasteiger partial charge < -0.3 is 0 Å². The smallest absolute Gasteiger partial charge is 0.162 e. The summed E-state index contributed by atoms with van der Waals surface area (Å²) in [5.74, 6) is 0.187. The molecule has 1 aliphatic rings. The van der Waals surface area contributed by atoms with E-state index in [0.29, 0.717) is 0 Å². The number of ketones is 1. The van der Waals surface area contributed by atoms with Crippen molar-refractivity contribution in [2.75, 3.05) is 0 Å². The molecule has 0 bridgehead atoms. The molecule has 0 spiro atoms. The van der Waals surface area contributed by atoms with Crippen molar-refractivity contribution in [2.24, 2.45) is 0 Å². The molecule has 2 aromatic rings. The third kappa shape index (κ3) is 1.21. The van der Waals surface area contributed by atoms with Crippen LogP contribution in [0.1, 0.15) is 24.0 Å². The molecule has 1 aliphatic carbocycles. The maximum atomic E-state index is 11.6. The second kappa shape index (κ2) is 3.31. The molecule has 2 aromatic carbocycles. The van der Waals surface area contributed by atoms with Crippen LogP contribution in [0.15, 0.2) is 42.5 Å². The molecule has 1 atom stereocenters. The number of carbonyl (C=O) groups excluding carboxylic acids is 1. The van der Waals surface area contributed by atoms with E-state index in [1.165, 1.54) is 16.3 Å². The second-order valence-electron chi connectivity index (χ2n) is 4.25. The molecule has 0 amide bonds. The monoisotopic (exact) mass is 208 g/mol. The molecule has 0 saturated carbocycles. The standard InChI is InChI=1S/C15H12O/c1-10-12-7-6-11-4-2-3-5-13(11)14(12)8-9-15(10)16/h2-10H,1H3. The van der Waals surface area contributed by atoms with Gasteiger partial charge in [-0.2, -0.15) is 0 Å². The average Bonchev–Trinajstić information content (AvgIpc) is 2.33. The molecule has 3 rings (SSSR count). The first-order chi connectivity index (χ1) is 7.77. The van der Waals surface area contributed by atoms with Crippen molar-refractivity contribution >= 4 is 22.6 Å². The van der Waals surface area contributed by atoms with Crippen molar-refractivity contribution in [1.82, 2.24) is 0 Å². The van der Waals surface area contributed by atoms with Crippen molar-refractivity contribution in [3.05, 3.63) is 53.6 Å². The number of hydrogen-bond donors (Lipinski definition) is 0. The summed E-state index contributed by atoms with van der Waals surface area (Å²) < 4.78 is 0. The van der Waals surface area contributed by atoms with Gasteiger partial charge in [-0.1, -0.05) is 49.4 Å². The Labute approximate surface area is 94.4 Å². The fourth-order valence-electron chi connectivity index (χ4n) is 2.34. The minimum absolute atomic E-state index is 0.00962. The van der Waals surface area contributed by atoms with Crippen molar-refractivity contribution in [1.29, 1.82) is 0 Å². The quantitative estimate of drug-likeness (QED) is 0.647. The highest BCUT2D eigenvalue weighted by molar-refractivity contribution is 6.05. The van der Waals surface area contributed by atoms with Crippen LogP contribution in [-0.4, -0.2) is 5.78 Å². The first-order valence-corrected chi connectivity index (χ1v) is 5.51. The highest BCUT2D eigenvalue weighted by atomic mass is 16.1. The van der Waals surface area contributed by atoms with Crippen LogP contribution in [0.25, 0.3) is 16.8 Å². The summed E-state index contributed by atoms with van der Waals surface area (Å²) in [4.78, 5) is 11.6. The van der Waals surface area contributed by atoms with Crippen LogP contribution in [0, 0.1) is 0 Å². The van der Waals surface area contributed by atoms with Crippen LogP contribution >= 0.6 is 0 Å². The zero-order chi connectivity index (χ0) is 11.1. The van der Waals surface area contributed by atoms with E-state index in [9.17, 15) is 4.79 Å². The molecule has 0 saturated heterocycles. The highest BCUT2D eigenvalue weighted by Crippen LogP contribution is 2.32. The third-order valence-corrected chi connectivity index (χ3v) is 3.31. The van der Waals surface area contributed by atoms with Gasteiger partial charge in [-0.05, 0) is 28.0 Å². The molecular formula is C15H12O. The molecule has 0 fully saturated rings. The Morgan fingerprint density at radius 3 is 2.69 bits per heavy atom.